The first-order valence-electron chi connectivity index (χ1n) is 10.7. The van der Waals surface area contributed by atoms with Gasteiger partial charge in [-0.3, -0.25) is 9.88 Å². The van der Waals surface area contributed by atoms with Crippen molar-refractivity contribution >= 4 is 17.3 Å². The molecule has 4 aromatic rings. The SMILES string of the molecule is O=C(O)c1ccnc(CN(CCO)Cc2cccc(-c3ncc(-c4ccc(CO)cc4)s3)n2)c1. The molecular weight excluding hydrogens is 452 g/mol. The van der Waals surface area contributed by atoms with Gasteiger partial charge in [0.05, 0.1) is 40.7 Å². The minimum Gasteiger partial charge on any atom is -0.478 e. The smallest absolute Gasteiger partial charge is 0.335 e. The highest BCUT2D eigenvalue weighted by Crippen LogP contribution is 2.31. The number of carbonyl (C=O) groups is 1. The molecule has 0 saturated heterocycles. The summed E-state index contributed by atoms with van der Waals surface area (Å²) in [6, 6.07) is 16.5. The number of benzene rings is 1. The first kappa shape index (κ1) is 23.7. The van der Waals surface area contributed by atoms with Gasteiger partial charge in [-0.25, -0.2) is 14.8 Å². The molecule has 0 radical (unpaired) electrons. The van der Waals surface area contributed by atoms with E-state index in [0.29, 0.717) is 25.3 Å². The summed E-state index contributed by atoms with van der Waals surface area (Å²) in [6.07, 6.45) is 3.30. The van der Waals surface area contributed by atoms with Gasteiger partial charge in [-0.1, -0.05) is 30.3 Å². The Labute approximate surface area is 200 Å². The van der Waals surface area contributed by atoms with Crippen LogP contribution in [0.1, 0.15) is 27.3 Å². The molecule has 0 amide bonds. The van der Waals surface area contributed by atoms with E-state index in [9.17, 15) is 20.1 Å². The molecular formula is C25H24N4O4S. The maximum Gasteiger partial charge on any atom is 0.335 e. The van der Waals surface area contributed by atoms with Crippen LogP contribution in [0.4, 0.5) is 0 Å². The van der Waals surface area contributed by atoms with Crippen molar-refractivity contribution in [2.45, 2.75) is 19.7 Å². The zero-order chi connectivity index (χ0) is 23.9. The van der Waals surface area contributed by atoms with E-state index in [1.807, 2.05) is 53.6 Å². The lowest BCUT2D eigenvalue weighted by molar-refractivity contribution is 0.0696. The molecule has 1 aromatic carbocycles. The zero-order valence-electron chi connectivity index (χ0n) is 18.3. The van der Waals surface area contributed by atoms with Gasteiger partial charge in [0.2, 0.25) is 0 Å². The second-order valence-corrected chi connectivity index (χ2v) is 8.70. The van der Waals surface area contributed by atoms with Crippen LogP contribution in [0.25, 0.3) is 21.1 Å². The Morgan fingerprint density at radius 1 is 0.971 bits per heavy atom. The lowest BCUT2D eigenvalue weighted by Gasteiger charge is -2.20. The second kappa shape index (κ2) is 11.1. The Balaban J connectivity index is 1.50. The van der Waals surface area contributed by atoms with Gasteiger partial charge in [-0.05, 0) is 35.4 Å². The summed E-state index contributed by atoms with van der Waals surface area (Å²) in [5.74, 6) is -1.00. The summed E-state index contributed by atoms with van der Waals surface area (Å²) >= 11 is 1.54. The summed E-state index contributed by atoms with van der Waals surface area (Å²) in [7, 11) is 0. The van der Waals surface area contributed by atoms with E-state index in [4.69, 9.17) is 4.98 Å². The fourth-order valence-corrected chi connectivity index (χ4v) is 4.39. The van der Waals surface area contributed by atoms with Crippen molar-refractivity contribution < 1.29 is 20.1 Å². The molecule has 0 aliphatic rings. The number of thiazole rings is 1. The van der Waals surface area contributed by atoms with Gasteiger partial charge in [0, 0.05) is 32.0 Å². The highest BCUT2D eigenvalue weighted by Gasteiger charge is 2.13. The molecule has 0 spiro atoms. The number of nitrogens with zero attached hydrogens (tertiary/aromatic N) is 4. The van der Waals surface area contributed by atoms with Crippen LogP contribution >= 0.6 is 11.3 Å². The molecule has 3 aromatic heterocycles. The van der Waals surface area contributed by atoms with E-state index in [2.05, 4.69) is 9.97 Å². The third-order valence-electron chi connectivity index (χ3n) is 5.20. The number of hydrogen-bond acceptors (Lipinski definition) is 8. The molecule has 34 heavy (non-hydrogen) atoms. The fraction of sp³-hybridized carbons (Fsp3) is 0.200. The van der Waals surface area contributed by atoms with E-state index in [1.54, 1.807) is 17.4 Å². The standard InChI is InChI=1S/C25H24N4O4S/c30-11-10-29(15-21-12-19(25(32)33)8-9-26-21)14-20-2-1-3-22(28-20)24-27-13-23(34-24)18-6-4-17(16-31)5-7-18/h1-9,12-13,30-31H,10-11,14-16H2,(H,32,33). The molecule has 0 saturated carbocycles. The van der Waals surface area contributed by atoms with Gasteiger partial charge < -0.3 is 15.3 Å². The molecule has 0 atom stereocenters. The average Bonchev–Trinajstić information content (AvgIpc) is 3.35. The highest BCUT2D eigenvalue weighted by molar-refractivity contribution is 7.18. The summed E-state index contributed by atoms with van der Waals surface area (Å²) < 4.78 is 0. The zero-order valence-corrected chi connectivity index (χ0v) is 19.1. The first-order chi connectivity index (χ1) is 16.6. The van der Waals surface area contributed by atoms with Crippen molar-refractivity contribution in [2.75, 3.05) is 13.2 Å². The van der Waals surface area contributed by atoms with Crippen molar-refractivity contribution in [2.24, 2.45) is 0 Å². The molecule has 0 aliphatic carbocycles. The maximum absolute atomic E-state index is 11.2. The number of aromatic carboxylic acids is 1. The molecule has 0 unspecified atom stereocenters. The van der Waals surface area contributed by atoms with Crippen molar-refractivity contribution in [3.05, 3.63) is 89.5 Å². The monoisotopic (exact) mass is 476 g/mol. The predicted molar refractivity (Wildman–Crippen MR) is 129 cm³/mol. The number of carboxylic acid groups (broad SMARTS) is 1. The number of rotatable bonds is 10. The van der Waals surface area contributed by atoms with Gasteiger partial charge in [-0.2, -0.15) is 0 Å². The lowest BCUT2D eigenvalue weighted by atomic mass is 10.1. The first-order valence-corrected chi connectivity index (χ1v) is 11.5. The number of aliphatic hydroxyl groups excluding tert-OH is 2. The quantitative estimate of drug-likeness (QED) is 0.318. The van der Waals surface area contributed by atoms with E-state index >= 15 is 0 Å². The summed E-state index contributed by atoms with van der Waals surface area (Å²) in [5.41, 5.74) is 4.25. The van der Waals surface area contributed by atoms with Crippen molar-refractivity contribution in [1.29, 1.82) is 0 Å². The number of aliphatic hydroxyl groups is 2. The fourth-order valence-electron chi connectivity index (χ4n) is 3.50. The molecule has 4 rings (SSSR count). The van der Waals surface area contributed by atoms with Gasteiger partial charge in [0.1, 0.15) is 5.01 Å². The van der Waals surface area contributed by atoms with Crippen molar-refractivity contribution in [3.8, 4) is 21.1 Å². The Kier molecular flexibility index (Phi) is 7.71. The lowest BCUT2D eigenvalue weighted by Crippen LogP contribution is -2.27. The third kappa shape index (κ3) is 5.89. The minimum absolute atomic E-state index is 0.0132. The van der Waals surface area contributed by atoms with Crippen LogP contribution in [0.15, 0.2) is 67.0 Å². The van der Waals surface area contributed by atoms with Crippen LogP contribution in [0.5, 0.6) is 0 Å². The van der Waals surface area contributed by atoms with Gasteiger partial charge >= 0.3 is 5.97 Å². The molecule has 3 N–H and O–H groups in total. The normalized spacial score (nSPS) is 11.1. The molecule has 174 valence electrons. The van der Waals surface area contributed by atoms with Crippen LogP contribution in [0.3, 0.4) is 0 Å². The van der Waals surface area contributed by atoms with Gasteiger partial charge in [-0.15, -0.1) is 11.3 Å². The molecule has 8 nitrogen and oxygen atoms in total. The summed E-state index contributed by atoms with van der Waals surface area (Å²) in [5, 5.41) is 28.8. The molecule has 0 fully saturated rings. The highest BCUT2D eigenvalue weighted by atomic mass is 32.1. The molecule has 0 aliphatic heterocycles. The van der Waals surface area contributed by atoms with E-state index in [-0.39, 0.29) is 18.8 Å². The Morgan fingerprint density at radius 2 is 1.76 bits per heavy atom. The van der Waals surface area contributed by atoms with Crippen LogP contribution in [-0.4, -0.2) is 54.3 Å². The maximum atomic E-state index is 11.2. The van der Waals surface area contributed by atoms with Crippen LogP contribution in [-0.2, 0) is 19.7 Å². The van der Waals surface area contributed by atoms with Gasteiger partial charge in [0.15, 0.2) is 0 Å². The topological polar surface area (TPSA) is 120 Å². The average molecular weight is 477 g/mol. The number of hydrogen-bond donors (Lipinski definition) is 3. The second-order valence-electron chi connectivity index (χ2n) is 7.67. The van der Waals surface area contributed by atoms with E-state index in [0.717, 1.165) is 32.4 Å². The number of pyridine rings is 2. The third-order valence-corrected chi connectivity index (χ3v) is 6.27. The van der Waals surface area contributed by atoms with Crippen molar-refractivity contribution in [1.82, 2.24) is 19.9 Å². The van der Waals surface area contributed by atoms with Gasteiger partial charge in [0.25, 0.3) is 0 Å². The number of aromatic nitrogens is 3. The van der Waals surface area contributed by atoms with Crippen LogP contribution < -0.4 is 0 Å². The molecule has 3 heterocycles. The predicted octanol–water partition coefficient (Wildman–Crippen LogP) is 3.45. The van der Waals surface area contributed by atoms with E-state index < -0.39 is 5.97 Å². The molecule has 9 heteroatoms. The Morgan fingerprint density at radius 3 is 2.50 bits per heavy atom. The number of carboxylic acids is 1. The van der Waals surface area contributed by atoms with E-state index in [1.165, 1.54) is 12.3 Å². The molecule has 0 bridgehead atoms. The Hall–Kier alpha value is -3.50. The van der Waals surface area contributed by atoms with Crippen LogP contribution in [0, 0.1) is 0 Å². The summed E-state index contributed by atoms with van der Waals surface area (Å²) in [6.45, 7) is 1.23. The van der Waals surface area contributed by atoms with Crippen molar-refractivity contribution in [3.63, 3.8) is 0 Å². The minimum atomic E-state index is -1.00. The summed E-state index contributed by atoms with van der Waals surface area (Å²) in [4.78, 5) is 27.8. The van der Waals surface area contributed by atoms with Crippen LogP contribution in [0.2, 0.25) is 0 Å². The Bertz CT molecular complexity index is 1260. The largest absolute Gasteiger partial charge is 0.478 e.